The molecule has 1 saturated heterocycles. The molecule has 7 nitrogen and oxygen atoms in total. The van der Waals surface area contributed by atoms with E-state index in [1.165, 1.54) is 4.90 Å². The van der Waals surface area contributed by atoms with Crippen LogP contribution in [0.4, 0.5) is 0 Å². The van der Waals surface area contributed by atoms with Crippen LogP contribution in [0.15, 0.2) is 42.7 Å². The zero-order valence-corrected chi connectivity index (χ0v) is 23.6. The average Bonchev–Trinajstić information content (AvgIpc) is 3.03. The van der Waals surface area contributed by atoms with Crippen molar-refractivity contribution < 1.29 is 28.3 Å². The van der Waals surface area contributed by atoms with Crippen molar-refractivity contribution in [2.24, 2.45) is 11.8 Å². The van der Waals surface area contributed by atoms with Crippen molar-refractivity contribution in [3.8, 4) is 0 Å². The molecular formula is C27H41NO6Si. The first kappa shape index (κ1) is 28.6. The summed E-state index contributed by atoms with van der Waals surface area (Å²) in [6, 6.07) is 7.80. The van der Waals surface area contributed by atoms with Crippen molar-refractivity contribution in [1.29, 1.82) is 0 Å². The Bertz CT molecular complexity index is 939. The van der Waals surface area contributed by atoms with Gasteiger partial charge in [0.05, 0.1) is 12.2 Å². The molecule has 1 heterocycles. The molecule has 0 saturated carbocycles. The number of carbonyl (C=O) groups excluding carboxylic acids is 3. The smallest absolute Gasteiger partial charge is 0.329 e. The second-order valence-electron chi connectivity index (χ2n) is 12.0. The highest BCUT2D eigenvalue weighted by Gasteiger charge is 2.52. The molecule has 0 radical (unpaired) electrons. The lowest BCUT2D eigenvalue weighted by molar-refractivity contribution is -0.162. The van der Waals surface area contributed by atoms with Crippen LogP contribution < -0.4 is 0 Å². The normalized spacial score (nSPS) is 20.8. The fourth-order valence-electron chi connectivity index (χ4n) is 4.17. The Labute approximate surface area is 210 Å². The van der Waals surface area contributed by atoms with Gasteiger partial charge >= 0.3 is 11.9 Å². The zero-order valence-electron chi connectivity index (χ0n) is 22.6. The Morgan fingerprint density at radius 1 is 0.971 bits per heavy atom. The maximum atomic E-state index is 13.6. The molecule has 8 heteroatoms. The van der Waals surface area contributed by atoms with E-state index in [4.69, 9.17) is 13.9 Å². The van der Waals surface area contributed by atoms with Gasteiger partial charge in [0.25, 0.3) is 5.91 Å². The van der Waals surface area contributed by atoms with Gasteiger partial charge in [0.15, 0.2) is 0 Å². The topological polar surface area (TPSA) is 82.1 Å². The van der Waals surface area contributed by atoms with Crippen LogP contribution in [0.5, 0.6) is 0 Å². The predicted octanol–water partition coefficient (Wildman–Crippen LogP) is 5.18. The van der Waals surface area contributed by atoms with Gasteiger partial charge in [-0.3, -0.25) is 9.59 Å². The van der Waals surface area contributed by atoms with Crippen LogP contribution >= 0.6 is 0 Å². The molecule has 3 atom stereocenters. The monoisotopic (exact) mass is 503 g/mol. The Hall–Kier alpha value is -2.61. The SMILES string of the molecule is C=C(O[Si](C)(C)C)[C@H]1CN(C(=O)c2ccccc2)[C@H](C(=O)OC(C)(C)C)[C@H]1CC(=O)OC(C)(C)C. The predicted molar refractivity (Wildman–Crippen MR) is 138 cm³/mol. The summed E-state index contributed by atoms with van der Waals surface area (Å²) >= 11 is 0. The molecule has 0 spiro atoms. The van der Waals surface area contributed by atoms with E-state index in [9.17, 15) is 14.4 Å². The molecule has 1 aromatic rings. The molecule has 1 fully saturated rings. The molecule has 0 aromatic heterocycles. The van der Waals surface area contributed by atoms with E-state index in [2.05, 4.69) is 6.58 Å². The van der Waals surface area contributed by atoms with Crippen LogP contribution in [0.2, 0.25) is 19.6 Å². The Kier molecular flexibility index (Phi) is 8.64. The quantitative estimate of drug-likeness (QED) is 0.290. The summed E-state index contributed by atoms with van der Waals surface area (Å²) in [4.78, 5) is 41.5. The number of rotatable bonds is 7. The number of ether oxygens (including phenoxy) is 2. The molecule has 1 aliphatic heterocycles. The minimum absolute atomic E-state index is 0.0709. The molecule has 0 bridgehead atoms. The number of esters is 2. The second-order valence-corrected chi connectivity index (χ2v) is 16.5. The summed E-state index contributed by atoms with van der Waals surface area (Å²) in [5, 5.41) is 0. The largest absolute Gasteiger partial charge is 0.548 e. The van der Waals surface area contributed by atoms with E-state index in [1.807, 2.05) is 25.7 Å². The lowest BCUT2D eigenvalue weighted by Gasteiger charge is -2.31. The van der Waals surface area contributed by atoms with Crippen molar-refractivity contribution in [3.63, 3.8) is 0 Å². The van der Waals surface area contributed by atoms with Gasteiger partial charge in [-0.2, -0.15) is 0 Å². The average molecular weight is 504 g/mol. The molecule has 2 rings (SSSR count). The summed E-state index contributed by atoms with van der Waals surface area (Å²) in [5.41, 5.74) is -0.994. The van der Waals surface area contributed by atoms with E-state index < -0.39 is 49.3 Å². The van der Waals surface area contributed by atoms with Gasteiger partial charge in [-0.15, -0.1) is 0 Å². The van der Waals surface area contributed by atoms with Crippen molar-refractivity contribution in [3.05, 3.63) is 48.2 Å². The summed E-state index contributed by atoms with van der Waals surface area (Å²) in [6.45, 7) is 21.2. The van der Waals surface area contributed by atoms with E-state index in [0.29, 0.717) is 11.3 Å². The van der Waals surface area contributed by atoms with Gasteiger partial charge in [0, 0.05) is 23.9 Å². The third-order valence-electron chi connectivity index (χ3n) is 5.25. The van der Waals surface area contributed by atoms with Crippen molar-refractivity contribution in [2.75, 3.05) is 6.54 Å². The molecule has 0 N–H and O–H groups in total. The Morgan fingerprint density at radius 3 is 2.00 bits per heavy atom. The van der Waals surface area contributed by atoms with Crippen LogP contribution in [0.25, 0.3) is 0 Å². The number of likely N-dealkylation sites (tertiary alicyclic amines) is 1. The summed E-state index contributed by atoms with van der Waals surface area (Å²) in [7, 11) is -2.03. The van der Waals surface area contributed by atoms with Crippen molar-refractivity contribution in [2.45, 2.75) is 84.8 Å². The summed E-state index contributed by atoms with van der Waals surface area (Å²) < 4.78 is 17.5. The number of hydrogen-bond donors (Lipinski definition) is 0. The van der Waals surface area contributed by atoms with Gasteiger partial charge in [-0.25, -0.2) is 4.79 Å². The fraction of sp³-hybridized carbons (Fsp3) is 0.593. The summed E-state index contributed by atoms with van der Waals surface area (Å²) in [6.07, 6.45) is -0.0709. The zero-order chi connectivity index (χ0) is 26.8. The van der Waals surface area contributed by atoms with Crippen LogP contribution in [-0.4, -0.2) is 54.9 Å². The van der Waals surface area contributed by atoms with Gasteiger partial charge in [0.2, 0.25) is 8.32 Å². The first-order chi connectivity index (χ1) is 15.9. The van der Waals surface area contributed by atoms with Gasteiger partial charge in [-0.05, 0) is 73.3 Å². The van der Waals surface area contributed by atoms with Gasteiger partial charge in [0.1, 0.15) is 17.2 Å². The van der Waals surface area contributed by atoms with E-state index in [0.717, 1.165) is 0 Å². The molecule has 1 aliphatic rings. The maximum absolute atomic E-state index is 13.6. The molecule has 194 valence electrons. The second kappa shape index (κ2) is 10.6. The number of benzene rings is 1. The van der Waals surface area contributed by atoms with Crippen LogP contribution in [0.3, 0.4) is 0 Å². The van der Waals surface area contributed by atoms with Gasteiger partial charge < -0.3 is 18.8 Å². The van der Waals surface area contributed by atoms with Crippen LogP contribution in [0, 0.1) is 11.8 Å². The van der Waals surface area contributed by atoms with E-state index in [1.54, 1.807) is 65.8 Å². The lowest BCUT2D eigenvalue weighted by Crippen LogP contribution is -2.46. The van der Waals surface area contributed by atoms with Crippen LogP contribution in [-0.2, 0) is 23.5 Å². The standard InChI is InChI=1S/C27H41NO6Si/c1-18(34-35(8,9)10)21-17-28(24(30)19-14-12-11-13-15-19)23(25(31)33-27(5,6)7)20(21)16-22(29)32-26(2,3)4/h11-15,20-21,23H,1,16-17H2,2-10H3/t20-,21+,23-/m0/s1. The third-order valence-corrected chi connectivity index (χ3v) is 6.13. The minimum Gasteiger partial charge on any atom is -0.548 e. The highest BCUT2D eigenvalue weighted by atomic mass is 28.4. The number of hydrogen-bond acceptors (Lipinski definition) is 6. The van der Waals surface area contributed by atoms with E-state index in [-0.39, 0.29) is 18.9 Å². The molecule has 1 amide bonds. The molecular weight excluding hydrogens is 462 g/mol. The first-order valence-electron chi connectivity index (χ1n) is 12.1. The molecule has 1 aromatic carbocycles. The third kappa shape index (κ3) is 8.53. The molecule has 0 unspecified atom stereocenters. The molecule has 35 heavy (non-hydrogen) atoms. The van der Waals surface area contributed by atoms with Crippen molar-refractivity contribution >= 4 is 26.2 Å². The van der Waals surface area contributed by atoms with Gasteiger partial charge in [-0.1, -0.05) is 24.8 Å². The number of amides is 1. The lowest BCUT2D eigenvalue weighted by atomic mass is 9.86. The number of carbonyl (C=O) groups is 3. The minimum atomic E-state index is -2.03. The fourth-order valence-corrected chi connectivity index (χ4v) is 5.11. The Morgan fingerprint density at radius 2 is 1.51 bits per heavy atom. The van der Waals surface area contributed by atoms with Crippen LogP contribution in [0.1, 0.15) is 58.3 Å². The highest BCUT2D eigenvalue weighted by Crippen LogP contribution is 2.40. The number of nitrogens with zero attached hydrogens (tertiary/aromatic N) is 1. The van der Waals surface area contributed by atoms with Crippen molar-refractivity contribution in [1.82, 2.24) is 4.90 Å². The molecule has 0 aliphatic carbocycles. The maximum Gasteiger partial charge on any atom is 0.329 e. The Balaban J connectivity index is 2.53. The highest BCUT2D eigenvalue weighted by molar-refractivity contribution is 6.70. The van der Waals surface area contributed by atoms with E-state index >= 15 is 0 Å². The first-order valence-corrected chi connectivity index (χ1v) is 15.5. The summed E-state index contributed by atoms with van der Waals surface area (Å²) in [5.74, 6) is -1.86.